The number of nitrogens with zero attached hydrogens (tertiary/aromatic N) is 1. The maximum Gasteiger partial charge on any atom is 0.317 e. The number of carbonyl (C=O) groups is 1. The zero-order valence-electron chi connectivity index (χ0n) is 11.0. The smallest absolute Gasteiger partial charge is 0.317 e. The molecule has 0 aliphatic heterocycles. The first-order chi connectivity index (χ1) is 9.20. The van der Waals surface area contributed by atoms with Gasteiger partial charge < -0.3 is 15.3 Å². The molecule has 1 saturated carbocycles. The Morgan fingerprint density at radius 2 is 2.32 bits per heavy atom. The summed E-state index contributed by atoms with van der Waals surface area (Å²) in [7, 11) is 0. The maximum atomic E-state index is 12.0. The van der Waals surface area contributed by atoms with E-state index >= 15 is 0 Å². The van der Waals surface area contributed by atoms with Crippen molar-refractivity contribution in [1.82, 2.24) is 10.2 Å². The van der Waals surface area contributed by atoms with Crippen LogP contribution in [0.1, 0.15) is 18.4 Å². The number of amides is 2. The molecule has 0 saturated heterocycles. The normalized spacial score (nSPS) is 13.9. The average molecular weight is 260 g/mol. The molecular weight excluding hydrogens is 240 g/mol. The van der Waals surface area contributed by atoms with Gasteiger partial charge in [-0.1, -0.05) is 18.2 Å². The van der Waals surface area contributed by atoms with Gasteiger partial charge in [0.25, 0.3) is 0 Å². The van der Waals surface area contributed by atoms with Crippen LogP contribution in [0.15, 0.2) is 36.9 Å². The highest BCUT2D eigenvalue weighted by Gasteiger charge is 2.31. The molecule has 4 heteroatoms. The summed E-state index contributed by atoms with van der Waals surface area (Å²) in [4.78, 5) is 13.8. The van der Waals surface area contributed by atoms with Gasteiger partial charge in [0.05, 0.1) is 0 Å². The molecule has 2 N–H and O–H groups in total. The number of nitrogens with one attached hydrogen (secondary N) is 1. The topological polar surface area (TPSA) is 52.6 Å². The zero-order valence-corrected chi connectivity index (χ0v) is 11.0. The summed E-state index contributed by atoms with van der Waals surface area (Å²) in [5.41, 5.74) is 1.02. The quantitative estimate of drug-likeness (QED) is 0.771. The minimum Gasteiger partial charge on any atom is -0.508 e. The fraction of sp³-hybridized carbons (Fsp3) is 0.400. The Kier molecular flexibility index (Phi) is 4.44. The predicted molar refractivity (Wildman–Crippen MR) is 75.1 cm³/mol. The molecule has 1 aromatic carbocycles. The molecule has 0 aromatic heterocycles. The number of benzene rings is 1. The van der Waals surface area contributed by atoms with E-state index in [-0.39, 0.29) is 11.8 Å². The van der Waals surface area contributed by atoms with Crippen LogP contribution in [0.5, 0.6) is 5.75 Å². The van der Waals surface area contributed by atoms with Crippen molar-refractivity contribution in [3.05, 3.63) is 42.5 Å². The van der Waals surface area contributed by atoms with Gasteiger partial charge >= 0.3 is 6.03 Å². The van der Waals surface area contributed by atoms with Crippen molar-refractivity contribution in [1.29, 1.82) is 0 Å². The number of rotatable bonds is 6. The second kappa shape index (κ2) is 6.27. The standard InChI is InChI=1S/C15H20N2O2/c1-2-10-17(13-6-7-13)15(19)16-9-8-12-4-3-5-14(18)11-12/h2-5,11,13,18H,1,6-10H2,(H,16,19). The highest BCUT2D eigenvalue weighted by Crippen LogP contribution is 2.26. The van der Waals surface area contributed by atoms with Crippen LogP contribution in [0.3, 0.4) is 0 Å². The molecule has 0 unspecified atom stereocenters. The second-order valence-corrected chi connectivity index (χ2v) is 4.82. The van der Waals surface area contributed by atoms with Crippen molar-refractivity contribution in [2.75, 3.05) is 13.1 Å². The molecule has 0 bridgehead atoms. The number of aromatic hydroxyl groups is 1. The van der Waals surface area contributed by atoms with Gasteiger partial charge in [0.2, 0.25) is 0 Å². The number of hydrogen-bond donors (Lipinski definition) is 2. The van der Waals surface area contributed by atoms with Gasteiger partial charge in [0, 0.05) is 19.1 Å². The Balaban J connectivity index is 1.78. The molecule has 1 aliphatic carbocycles. The molecule has 2 amide bonds. The number of phenols is 1. The number of phenolic OH excluding ortho intramolecular Hbond substituents is 1. The van der Waals surface area contributed by atoms with E-state index in [2.05, 4.69) is 11.9 Å². The van der Waals surface area contributed by atoms with Gasteiger partial charge in [-0.3, -0.25) is 0 Å². The SMILES string of the molecule is C=CCN(C(=O)NCCc1cccc(O)c1)C1CC1. The molecule has 0 heterocycles. The van der Waals surface area contributed by atoms with Crippen LogP contribution < -0.4 is 5.32 Å². The largest absolute Gasteiger partial charge is 0.508 e. The third-order valence-corrected chi connectivity index (χ3v) is 3.17. The van der Waals surface area contributed by atoms with E-state index in [0.29, 0.717) is 25.6 Å². The van der Waals surface area contributed by atoms with Crippen LogP contribution in [0.2, 0.25) is 0 Å². The highest BCUT2D eigenvalue weighted by atomic mass is 16.3. The van der Waals surface area contributed by atoms with E-state index in [1.807, 2.05) is 11.0 Å². The van der Waals surface area contributed by atoms with Gasteiger partial charge in [0.15, 0.2) is 0 Å². The van der Waals surface area contributed by atoms with E-state index < -0.39 is 0 Å². The summed E-state index contributed by atoms with van der Waals surface area (Å²) in [6, 6.07) is 7.46. The van der Waals surface area contributed by atoms with Crippen LogP contribution >= 0.6 is 0 Å². The Labute approximate surface area is 113 Å². The number of hydrogen-bond acceptors (Lipinski definition) is 2. The highest BCUT2D eigenvalue weighted by molar-refractivity contribution is 5.75. The van der Waals surface area contributed by atoms with Crippen molar-refractivity contribution < 1.29 is 9.90 Å². The predicted octanol–water partition coefficient (Wildman–Crippen LogP) is 2.29. The fourth-order valence-electron chi connectivity index (χ4n) is 2.05. The fourth-order valence-corrected chi connectivity index (χ4v) is 2.05. The summed E-state index contributed by atoms with van der Waals surface area (Å²) in [6.07, 6.45) is 4.65. The van der Waals surface area contributed by atoms with Crippen LogP contribution in [-0.2, 0) is 6.42 Å². The van der Waals surface area contributed by atoms with Crippen molar-refractivity contribution in [2.45, 2.75) is 25.3 Å². The van der Waals surface area contributed by atoms with Crippen molar-refractivity contribution in [2.24, 2.45) is 0 Å². The lowest BCUT2D eigenvalue weighted by Crippen LogP contribution is -2.42. The van der Waals surface area contributed by atoms with E-state index in [9.17, 15) is 9.90 Å². The molecule has 1 fully saturated rings. The van der Waals surface area contributed by atoms with Gasteiger partial charge in [-0.2, -0.15) is 0 Å². The summed E-state index contributed by atoms with van der Waals surface area (Å²) in [5, 5.41) is 12.3. The minimum absolute atomic E-state index is 0.0254. The van der Waals surface area contributed by atoms with E-state index in [4.69, 9.17) is 0 Å². The Morgan fingerprint density at radius 3 is 2.95 bits per heavy atom. The minimum atomic E-state index is -0.0254. The third-order valence-electron chi connectivity index (χ3n) is 3.17. The zero-order chi connectivity index (χ0) is 13.7. The van der Waals surface area contributed by atoms with Crippen LogP contribution in [0.4, 0.5) is 4.79 Å². The number of urea groups is 1. The first kappa shape index (κ1) is 13.5. The summed E-state index contributed by atoms with van der Waals surface area (Å²) >= 11 is 0. The van der Waals surface area contributed by atoms with Crippen LogP contribution in [0.25, 0.3) is 0 Å². The lowest BCUT2D eigenvalue weighted by molar-refractivity contribution is 0.201. The van der Waals surface area contributed by atoms with Crippen LogP contribution in [0, 0.1) is 0 Å². The average Bonchev–Trinajstić information content (AvgIpc) is 3.20. The van der Waals surface area contributed by atoms with Crippen molar-refractivity contribution in [3.63, 3.8) is 0 Å². The monoisotopic (exact) mass is 260 g/mol. The van der Waals surface area contributed by atoms with Crippen molar-refractivity contribution in [3.8, 4) is 5.75 Å². The molecule has 0 spiro atoms. The molecule has 1 aliphatic rings. The number of carbonyl (C=O) groups excluding carboxylic acids is 1. The molecule has 0 radical (unpaired) electrons. The van der Waals surface area contributed by atoms with Gasteiger partial charge in [-0.25, -0.2) is 4.79 Å². The van der Waals surface area contributed by atoms with Gasteiger partial charge in [-0.05, 0) is 37.0 Å². The summed E-state index contributed by atoms with van der Waals surface area (Å²) in [6.45, 7) is 4.85. The first-order valence-electron chi connectivity index (χ1n) is 6.64. The Bertz CT molecular complexity index is 455. The molecule has 19 heavy (non-hydrogen) atoms. The van der Waals surface area contributed by atoms with E-state index in [0.717, 1.165) is 18.4 Å². The molecule has 4 nitrogen and oxygen atoms in total. The Hall–Kier alpha value is -1.97. The molecule has 102 valence electrons. The lowest BCUT2D eigenvalue weighted by Gasteiger charge is -2.21. The van der Waals surface area contributed by atoms with Crippen molar-refractivity contribution >= 4 is 6.03 Å². The van der Waals surface area contributed by atoms with Crippen LogP contribution in [-0.4, -0.2) is 35.2 Å². The van der Waals surface area contributed by atoms with E-state index in [1.54, 1.807) is 24.3 Å². The first-order valence-corrected chi connectivity index (χ1v) is 6.64. The van der Waals surface area contributed by atoms with Gasteiger partial charge in [-0.15, -0.1) is 6.58 Å². The molecule has 1 aromatic rings. The lowest BCUT2D eigenvalue weighted by atomic mass is 10.1. The van der Waals surface area contributed by atoms with E-state index in [1.165, 1.54) is 0 Å². The summed E-state index contributed by atoms with van der Waals surface area (Å²) < 4.78 is 0. The van der Waals surface area contributed by atoms with Gasteiger partial charge in [0.1, 0.15) is 5.75 Å². The Morgan fingerprint density at radius 1 is 1.53 bits per heavy atom. The second-order valence-electron chi connectivity index (χ2n) is 4.82. The molecule has 0 atom stereocenters. The maximum absolute atomic E-state index is 12.0. The summed E-state index contributed by atoms with van der Waals surface area (Å²) in [5.74, 6) is 0.259. The molecule has 2 rings (SSSR count). The third kappa shape index (κ3) is 4.02. The molecular formula is C15H20N2O2.